The van der Waals surface area contributed by atoms with Crippen molar-refractivity contribution in [2.24, 2.45) is 0 Å². The van der Waals surface area contributed by atoms with Gasteiger partial charge in [-0.05, 0) is 29.3 Å². The smallest absolute Gasteiger partial charge is 0.327 e. The SMILES string of the molecule is CN(C)c1ccc(/C=C2/SC(=S)N([C@@H](Cc3ccccc3)C(=O)O)C2=O)cc1. The molecule has 144 valence electrons. The summed E-state index contributed by atoms with van der Waals surface area (Å²) in [6.07, 6.45) is 1.95. The number of carboxylic acids is 1. The monoisotopic (exact) mass is 412 g/mol. The highest BCUT2D eigenvalue weighted by atomic mass is 32.2. The third-order valence-electron chi connectivity index (χ3n) is 4.40. The summed E-state index contributed by atoms with van der Waals surface area (Å²) in [5.74, 6) is -1.44. The maximum absolute atomic E-state index is 12.9. The van der Waals surface area contributed by atoms with Crippen molar-refractivity contribution >= 4 is 51.9 Å². The van der Waals surface area contributed by atoms with Crippen molar-refractivity contribution in [2.45, 2.75) is 12.5 Å². The molecule has 1 amide bonds. The molecular weight excluding hydrogens is 392 g/mol. The summed E-state index contributed by atoms with van der Waals surface area (Å²) >= 11 is 6.47. The van der Waals surface area contributed by atoms with Crippen molar-refractivity contribution in [3.8, 4) is 0 Å². The van der Waals surface area contributed by atoms with E-state index in [-0.39, 0.29) is 16.6 Å². The third kappa shape index (κ3) is 4.43. The Labute approximate surface area is 173 Å². The predicted molar refractivity (Wildman–Crippen MR) is 117 cm³/mol. The standard InChI is InChI=1S/C21H20N2O3S2/c1-22(2)16-10-8-15(9-11-16)13-18-19(24)23(21(27)28-18)17(20(25)26)12-14-6-4-3-5-7-14/h3-11,13,17H,12H2,1-2H3,(H,25,26)/b18-13+/t17-/m0/s1. The molecular formula is C21H20N2O3S2. The van der Waals surface area contributed by atoms with E-state index in [0.29, 0.717) is 4.91 Å². The van der Waals surface area contributed by atoms with E-state index in [4.69, 9.17) is 12.2 Å². The van der Waals surface area contributed by atoms with Crippen molar-refractivity contribution in [3.63, 3.8) is 0 Å². The van der Waals surface area contributed by atoms with Crippen LogP contribution in [-0.2, 0) is 16.0 Å². The number of carboxylic acid groups (broad SMARTS) is 1. The van der Waals surface area contributed by atoms with Crippen molar-refractivity contribution in [2.75, 3.05) is 19.0 Å². The molecule has 1 saturated heterocycles. The van der Waals surface area contributed by atoms with E-state index < -0.39 is 12.0 Å². The number of hydrogen-bond acceptors (Lipinski definition) is 5. The van der Waals surface area contributed by atoms with Crippen LogP contribution in [0.1, 0.15) is 11.1 Å². The Kier molecular flexibility index (Phi) is 6.16. The van der Waals surface area contributed by atoms with Crippen molar-refractivity contribution < 1.29 is 14.7 Å². The molecule has 5 nitrogen and oxygen atoms in total. The Morgan fingerprint density at radius 2 is 1.82 bits per heavy atom. The van der Waals surface area contributed by atoms with Crippen molar-refractivity contribution in [1.82, 2.24) is 4.90 Å². The van der Waals surface area contributed by atoms with Crippen molar-refractivity contribution in [1.29, 1.82) is 0 Å². The minimum absolute atomic E-state index is 0.202. The van der Waals surface area contributed by atoms with Crippen LogP contribution in [0.2, 0.25) is 0 Å². The van der Waals surface area contributed by atoms with Gasteiger partial charge in [0.1, 0.15) is 10.4 Å². The molecule has 3 rings (SSSR count). The summed E-state index contributed by atoms with van der Waals surface area (Å²) in [4.78, 5) is 28.4. The fourth-order valence-corrected chi connectivity index (χ4v) is 4.25. The number of amides is 1. The molecule has 28 heavy (non-hydrogen) atoms. The van der Waals surface area contributed by atoms with Crippen LogP contribution < -0.4 is 4.90 Å². The van der Waals surface area contributed by atoms with Crippen LogP contribution in [0.5, 0.6) is 0 Å². The van der Waals surface area contributed by atoms with Crippen molar-refractivity contribution in [3.05, 3.63) is 70.6 Å². The number of carbonyl (C=O) groups excluding carboxylic acids is 1. The fourth-order valence-electron chi connectivity index (χ4n) is 2.89. The Hall–Kier alpha value is -2.64. The average molecular weight is 413 g/mol. The molecule has 0 radical (unpaired) electrons. The number of hydrogen-bond donors (Lipinski definition) is 1. The number of benzene rings is 2. The third-order valence-corrected chi connectivity index (χ3v) is 5.73. The van der Waals surface area contributed by atoms with E-state index >= 15 is 0 Å². The molecule has 1 heterocycles. The summed E-state index contributed by atoms with van der Waals surface area (Å²) < 4.78 is 0.268. The number of nitrogens with zero attached hydrogens (tertiary/aromatic N) is 2. The maximum atomic E-state index is 12.9. The van der Waals surface area contributed by atoms with Gasteiger partial charge in [-0.25, -0.2) is 4.79 Å². The highest BCUT2D eigenvalue weighted by molar-refractivity contribution is 8.26. The molecule has 1 aliphatic heterocycles. The number of thiocarbonyl (C=S) groups is 1. The second kappa shape index (κ2) is 8.58. The predicted octanol–water partition coefficient (Wildman–Crippen LogP) is 3.65. The first-order chi connectivity index (χ1) is 13.4. The molecule has 1 aliphatic rings. The highest BCUT2D eigenvalue weighted by Gasteiger charge is 2.40. The van der Waals surface area contributed by atoms with Gasteiger partial charge in [0.05, 0.1) is 4.91 Å². The largest absolute Gasteiger partial charge is 0.480 e. The second-order valence-electron chi connectivity index (χ2n) is 6.58. The topological polar surface area (TPSA) is 60.9 Å². The van der Waals surface area contributed by atoms with Crippen LogP contribution >= 0.6 is 24.0 Å². The van der Waals surface area contributed by atoms with E-state index in [1.807, 2.05) is 73.6 Å². The lowest BCUT2D eigenvalue weighted by Crippen LogP contribution is -2.45. The molecule has 0 aromatic heterocycles. The average Bonchev–Trinajstić information content (AvgIpc) is 2.94. The Morgan fingerprint density at radius 3 is 2.39 bits per heavy atom. The van der Waals surface area contributed by atoms with Gasteiger partial charge in [-0.2, -0.15) is 0 Å². The molecule has 2 aromatic carbocycles. The van der Waals surface area contributed by atoms with Crippen LogP contribution in [0.25, 0.3) is 6.08 Å². The molecule has 0 saturated carbocycles. The van der Waals surface area contributed by atoms with Gasteiger partial charge in [0.15, 0.2) is 0 Å². The lowest BCUT2D eigenvalue weighted by atomic mass is 10.0. The van der Waals surface area contributed by atoms with Gasteiger partial charge in [-0.3, -0.25) is 9.69 Å². The molecule has 0 spiro atoms. The van der Waals surface area contributed by atoms with Crippen LogP contribution in [0.4, 0.5) is 5.69 Å². The van der Waals surface area contributed by atoms with Gasteiger partial charge in [-0.15, -0.1) is 0 Å². The van der Waals surface area contributed by atoms with E-state index in [9.17, 15) is 14.7 Å². The van der Waals surface area contributed by atoms with Crippen LogP contribution in [0, 0.1) is 0 Å². The molecule has 7 heteroatoms. The quantitative estimate of drug-likeness (QED) is 0.577. The van der Waals surface area contributed by atoms with E-state index in [1.165, 1.54) is 4.90 Å². The van der Waals surface area contributed by atoms with Gasteiger partial charge in [-0.1, -0.05) is 66.4 Å². The van der Waals surface area contributed by atoms with Gasteiger partial charge in [0.25, 0.3) is 5.91 Å². The number of carbonyl (C=O) groups is 2. The molecule has 0 unspecified atom stereocenters. The molecule has 1 N–H and O–H groups in total. The Bertz CT molecular complexity index is 924. The number of thioether (sulfide) groups is 1. The van der Waals surface area contributed by atoms with Gasteiger partial charge in [0.2, 0.25) is 0 Å². The normalized spacial score (nSPS) is 16.5. The Morgan fingerprint density at radius 1 is 1.18 bits per heavy atom. The molecule has 0 aliphatic carbocycles. The lowest BCUT2D eigenvalue weighted by molar-refractivity contribution is -0.145. The van der Waals surface area contributed by atoms with Gasteiger partial charge in [0, 0.05) is 26.2 Å². The maximum Gasteiger partial charge on any atom is 0.327 e. The zero-order valence-corrected chi connectivity index (χ0v) is 17.2. The van der Waals surface area contributed by atoms with E-state index in [0.717, 1.165) is 28.6 Å². The summed E-state index contributed by atoms with van der Waals surface area (Å²) in [6.45, 7) is 0. The summed E-state index contributed by atoms with van der Waals surface area (Å²) in [5, 5.41) is 9.70. The van der Waals surface area contributed by atoms with Gasteiger partial charge < -0.3 is 10.0 Å². The molecule has 1 fully saturated rings. The van der Waals surface area contributed by atoms with E-state index in [2.05, 4.69) is 0 Å². The Balaban J connectivity index is 1.84. The second-order valence-corrected chi connectivity index (χ2v) is 8.26. The fraction of sp³-hybridized carbons (Fsp3) is 0.190. The summed E-state index contributed by atoms with van der Waals surface area (Å²) in [6, 6.07) is 16.0. The number of anilines is 1. The number of rotatable bonds is 6. The first-order valence-electron chi connectivity index (χ1n) is 8.68. The highest BCUT2D eigenvalue weighted by Crippen LogP contribution is 2.35. The van der Waals surface area contributed by atoms with Crippen LogP contribution in [-0.4, -0.2) is 46.3 Å². The minimum Gasteiger partial charge on any atom is -0.480 e. The number of aliphatic carboxylic acids is 1. The summed E-state index contributed by atoms with van der Waals surface area (Å²) in [5.41, 5.74) is 2.76. The molecule has 2 aromatic rings. The minimum atomic E-state index is -1.07. The van der Waals surface area contributed by atoms with Gasteiger partial charge >= 0.3 is 5.97 Å². The zero-order valence-electron chi connectivity index (χ0n) is 15.5. The molecule has 1 atom stereocenters. The first kappa shape index (κ1) is 20.1. The lowest BCUT2D eigenvalue weighted by Gasteiger charge is -2.23. The molecule has 0 bridgehead atoms. The zero-order chi connectivity index (χ0) is 20.3. The van der Waals surface area contributed by atoms with Crippen LogP contribution in [0.15, 0.2) is 59.5 Å². The van der Waals surface area contributed by atoms with E-state index in [1.54, 1.807) is 6.08 Å². The first-order valence-corrected chi connectivity index (χ1v) is 9.90. The summed E-state index contributed by atoms with van der Waals surface area (Å²) in [7, 11) is 3.91. The van der Waals surface area contributed by atoms with Crippen LogP contribution in [0.3, 0.4) is 0 Å².